The lowest BCUT2D eigenvalue weighted by Gasteiger charge is -2.26. The summed E-state index contributed by atoms with van der Waals surface area (Å²) in [5.41, 5.74) is -0.903. The summed E-state index contributed by atoms with van der Waals surface area (Å²) in [6.45, 7) is 4.88. The Hall–Kier alpha value is -1.75. The lowest BCUT2D eigenvalue weighted by atomic mass is 9.96. The molecule has 0 saturated heterocycles. The second-order valence-electron chi connectivity index (χ2n) is 5.17. The average molecular weight is 295 g/mol. The maximum absolute atomic E-state index is 11.4. The standard InChI is InChI=1S/C16H25NO4/c1-4-11-17-16(2,15(18)19)10-7-12-21-14-9-6-5-8-13(14)20-3/h5-6,8-9,17H,4,7,10-12H2,1-3H3,(H,18,19). The van der Waals surface area contributed by atoms with Crippen LogP contribution in [0.25, 0.3) is 0 Å². The Morgan fingerprint density at radius 1 is 1.33 bits per heavy atom. The van der Waals surface area contributed by atoms with Crippen LogP contribution in [0.15, 0.2) is 24.3 Å². The van der Waals surface area contributed by atoms with E-state index in [0.717, 1.165) is 6.42 Å². The topological polar surface area (TPSA) is 67.8 Å². The maximum atomic E-state index is 11.4. The van der Waals surface area contributed by atoms with Crippen LogP contribution in [0.1, 0.15) is 33.1 Å². The number of nitrogens with one attached hydrogen (secondary N) is 1. The van der Waals surface area contributed by atoms with E-state index < -0.39 is 11.5 Å². The number of aliphatic carboxylic acids is 1. The van der Waals surface area contributed by atoms with E-state index in [1.165, 1.54) is 0 Å². The fourth-order valence-corrected chi connectivity index (χ4v) is 2.02. The van der Waals surface area contributed by atoms with Gasteiger partial charge in [-0.25, -0.2) is 0 Å². The number of carboxylic acid groups (broad SMARTS) is 1. The molecule has 5 heteroatoms. The van der Waals surface area contributed by atoms with Gasteiger partial charge in [0.25, 0.3) is 0 Å². The van der Waals surface area contributed by atoms with Gasteiger partial charge in [-0.1, -0.05) is 19.1 Å². The summed E-state index contributed by atoms with van der Waals surface area (Å²) in [6.07, 6.45) is 2.07. The molecule has 0 heterocycles. The van der Waals surface area contributed by atoms with E-state index in [4.69, 9.17) is 9.47 Å². The molecule has 0 amide bonds. The third-order valence-electron chi connectivity index (χ3n) is 3.38. The summed E-state index contributed by atoms with van der Waals surface area (Å²) in [5, 5.41) is 12.4. The highest BCUT2D eigenvalue weighted by Crippen LogP contribution is 2.26. The van der Waals surface area contributed by atoms with Crippen LogP contribution < -0.4 is 14.8 Å². The highest BCUT2D eigenvalue weighted by molar-refractivity contribution is 5.78. The minimum Gasteiger partial charge on any atom is -0.493 e. The molecule has 1 unspecified atom stereocenters. The van der Waals surface area contributed by atoms with Gasteiger partial charge in [-0.2, -0.15) is 0 Å². The van der Waals surface area contributed by atoms with Crippen molar-refractivity contribution in [1.82, 2.24) is 5.32 Å². The van der Waals surface area contributed by atoms with Crippen molar-refractivity contribution in [3.8, 4) is 11.5 Å². The van der Waals surface area contributed by atoms with Crippen molar-refractivity contribution in [1.29, 1.82) is 0 Å². The highest BCUT2D eigenvalue weighted by Gasteiger charge is 2.31. The molecule has 118 valence electrons. The smallest absolute Gasteiger partial charge is 0.323 e. The molecule has 0 radical (unpaired) electrons. The van der Waals surface area contributed by atoms with E-state index in [1.807, 2.05) is 31.2 Å². The monoisotopic (exact) mass is 295 g/mol. The zero-order valence-electron chi connectivity index (χ0n) is 13.0. The first kappa shape index (κ1) is 17.3. The average Bonchev–Trinajstić information content (AvgIpc) is 2.49. The quantitative estimate of drug-likeness (QED) is 0.650. The van der Waals surface area contributed by atoms with E-state index >= 15 is 0 Å². The van der Waals surface area contributed by atoms with Crippen molar-refractivity contribution in [2.75, 3.05) is 20.3 Å². The van der Waals surface area contributed by atoms with E-state index in [-0.39, 0.29) is 0 Å². The number of benzene rings is 1. The van der Waals surface area contributed by atoms with Crippen molar-refractivity contribution in [2.24, 2.45) is 0 Å². The first-order chi connectivity index (χ1) is 10.0. The third-order valence-corrected chi connectivity index (χ3v) is 3.38. The molecule has 2 N–H and O–H groups in total. The Bertz CT molecular complexity index is 450. The van der Waals surface area contributed by atoms with Crippen molar-refractivity contribution in [2.45, 2.75) is 38.6 Å². The third kappa shape index (κ3) is 5.27. The molecule has 0 aliphatic rings. The fourth-order valence-electron chi connectivity index (χ4n) is 2.02. The van der Waals surface area contributed by atoms with Gasteiger partial charge in [0.15, 0.2) is 11.5 Å². The van der Waals surface area contributed by atoms with Crippen LogP contribution in [-0.4, -0.2) is 36.9 Å². The second kappa shape index (κ2) is 8.52. The Balaban J connectivity index is 2.46. The Morgan fingerprint density at radius 2 is 2.00 bits per heavy atom. The van der Waals surface area contributed by atoms with Gasteiger partial charge in [0.05, 0.1) is 13.7 Å². The number of carboxylic acids is 1. The van der Waals surface area contributed by atoms with Crippen LogP contribution in [0.5, 0.6) is 11.5 Å². The maximum Gasteiger partial charge on any atom is 0.323 e. The van der Waals surface area contributed by atoms with Crippen LogP contribution in [-0.2, 0) is 4.79 Å². The number of hydrogen-bond donors (Lipinski definition) is 2. The van der Waals surface area contributed by atoms with Gasteiger partial charge in [-0.05, 0) is 44.9 Å². The second-order valence-corrected chi connectivity index (χ2v) is 5.17. The minimum absolute atomic E-state index is 0.455. The van der Waals surface area contributed by atoms with Gasteiger partial charge < -0.3 is 19.9 Å². The van der Waals surface area contributed by atoms with Crippen molar-refractivity contribution in [3.63, 3.8) is 0 Å². The molecule has 0 bridgehead atoms. The normalized spacial score (nSPS) is 13.5. The molecule has 0 aliphatic heterocycles. The van der Waals surface area contributed by atoms with Crippen LogP contribution in [0.3, 0.4) is 0 Å². The zero-order chi connectivity index (χ0) is 15.7. The van der Waals surface area contributed by atoms with Crippen molar-refractivity contribution >= 4 is 5.97 Å². The zero-order valence-corrected chi connectivity index (χ0v) is 13.0. The van der Waals surface area contributed by atoms with Crippen LogP contribution >= 0.6 is 0 Å². The van der Waals surface area contributed by atoms with Crippen molar-refractivity contribution < 1.29 is 19.4 Å². The molecule has 0 fully saturated rings. The first-order valence-corrected chi connectivity index (χ1v) is 7.27. The van der Waals surface area contributed by atoms with Gasteiger partial charge >= 0.3 is 5.97 Å². The molecule has 1 aromatic rings. The van der Waals surface area contributed by atoms with E-state index in [0.29, 0.717) is 37.5 Å². The molecule has 1 atom stereocenters. The number of para-hydroxylation sites is 2. The first-order valence-electron chi connectivity index (χ1n) is 7.27. The molecule has 0 aliphatic carbocycles. The summed E-state index contributed by atoms with van der Waals surface area (Å²) in [4.78, 5) is 11.4. The van der Waals surface area contributed by atoms with Crippen LogP contribution in [0.4, 0.5) is 0 Å². The number of ether oxygens (including phenoxy) is 2. The van der Waals surface area contributed by atoms with Crippen LogP contribution in [0.2, 0.25) is 0 Å². The van der Waals surface area contributed by atoms with Gasteiger partial charge in [0.1, 0.15) is 5.54 Å². The van der Waals surface area contributed by atoms with Gasteiger partial charge in [0, 0.05) is 0 Å². The minimum atomic E-state index is -0.903. The molecule has 0 aromatic heterocycles. The SMILES string of the molecule is CCCNC(C)(CCCOc1ccccc1OC)C(=O)O. The Morgan fingerprint density at radius 3 is 2.57 bits per heavy atom. The Labute approximate surface area is 126 Å². The van der Waals surface area contributed by atoms with Gasteiger partial charge in [-0.3, -0.25) is 4.79 Å². The fraction of sp³-hybridized carbons (Fsp3) is 0.562. The molecule has 1 rings (SSSR count). The van der Waals surface area contributed by atoms with E-state index in [2.05, 4.69) is 5.32 Å². The largest absolute Gasteiger partial charge is 0.493 e. The summed E-state index contributed by atoms with van der Waals surface area (Å²) in [6, 6.07) is 7.42. The molecule has 21 heavy (non-hydrogen) atoms. The molecule has 1 aromatic carbocycles. The lowest BCUT2D eigenvalue weighted by molar-refractivity contribution is -0.144. The molecular formula is C16H25NO4. The molecule has 5 nitrogen and oxygen atoms in total. The van der Waals surface area contributed by atoms with Crippen LogP contribution in [0, 0.1) is 0 Å². The van der Waals surface area contributed by atoms with Crippen molar-refractivity contribution in [3.05, 3.63) is 24.3 Å². The lowest BCUT2D eigenvalue weighted by Crippen LogP contribution is -2.49. The molecular weight excluding hydrogens is 270 g/mol. The summed E-state index contributed by atoms with van der Waals surface area (Å²) in [5.74, 6) is 0.536. The Kier molecular flexibility index (Phi) is 7.02. The molecule has 0 saturated carbocycles. The van der Waals surface area contributed by atoms with E-state index in [1.54, 1.807) is 14.0 Å². The number of methoxy groups -OCH3 is 1. The summed E-state index contributed by atoms with van der Waals surface area (Å²) >= 11 is 0. The van der Waals surface area contributed by atoms with Gasteiger partial charge in [0.2, 0.25) is 0 Å². The predicted molar refractivity (Wildman–Crippen MR) is 82.1 cm³/mol. The summed E-state index contributed by atoms with van der Waals surface area (Å²) < 4.78 is 10.9. The number of rotatable bonds is 10. The predicted octanol–water partition coefficient (Wildman–Crippen LogP) is 2.70. The number of carbonyl (C=O) groups is 1. The van der Waals surface area contributed by atoms with E-state index in [9.17, 15) is 9.90 Å². The number of hydrogen-bond acceptors (Lipinski definition) is 4. The molecule has 0 spiro atoms. The summed E-state index contributed by atoms with van der Waals surface area (Å²) in [7, 11) is 1.60. The highest BCUT2D eigenvalue weighted by atomic mass is 16.5. The van der Waals surface area contributed by atoms with Gasteiger partial charge in [-0.15, -0.1) is 0 Å².